The van der Waals surface area contributed by atoms with E-state index >= 15 is 0 Å². The fourth-order valence-electron chi connectivity index (χ4n) is 2.85. The number of benzene rings is 2. The molecule has 0 fully saturated rings. The SMILES string of the molecule is COc1ccc(-c2csc(NC(=O)c3cc(Nc4ccccc4)ncn3)n2)c(OC)c1. The lowest BCUT2D eigenvalue weighted by Gasteiger charge is -2.08. The summed E-state index contributed by atoms with van der Waals surface area (Å²) in [6.07, 6.45) is 1.34. The summed E-state index contributed by atoms with van der Waals surface area (Å²) in [4.78, 5) is 25.4. The molecule has 4 rings (SSSR count). The van der Waals surface area contributed by atoms with Gasteiger partial charge in [0, 0.05) is 28.8 Å². The zero-order valence-corrected chi connectivity index (χ0v) is 17.6. The highest BCUT2D eigenvalue weighted by Gasteiger charge is 2.15. The molecule has 2 N–H and O–H groups in total. The van der Waals surface area contributed by atoms with Crippen LogP contribution < -0.4 is 20.1 Å². The van der Waals surface area contributed by atoms with Crippen molar-refractivity contribution in [3.63, 3.8) is 0 Å². The van der Waals surface area contributed by atoms with E-state index in [1.165, 1.54) is 17.7 Å². The van der Waals surface area contributed by atoms with E-state index in [1.54, 1.807) is 26.4 Å². The molecular formula is C22H19N5O3S. The molecule has 0 aliphatic rings. The Labute approximate surface area is 182 Å². The maximum Gasteiger partial charge on any atom is 0.276 e. The molecule has 156 valence electrons. The second-order valence-electron chi connectivity index (χ2n) is 6.34. The second-order valence-corrected chi connectivity index (χ2v) is 7.20. The highest BCUT2D eigenvalue weighted by molar-refractivity contribution is 7.14. The molecule has 4 aromatic rings. The minimum atomic E-state index is -0.374. The molecule has 0 saturated carbocycles. The van der Waals surface area contributed by atoms with E-state index in [1.807, 2.05) is 47.8 Å². The van der Waals surface area contributed by atoms with Gasteiger partial charge in [-0.1, -0.05) is 18.2 Å². The van der Waals surface area contributed by atoms with Crippen LogP contribution in [0, 0.1) is 0 Å². The van der Waals surface area contributed by atoms with Gasteiger partial charge in [-0.15, -0.1) is 11.3 Å². The minimum absolute atomic E-state index is 0.229. The van der Waals surface area contributed by atoms with Gasteiger partial charge in [-0.2, -0.15) is 0 Å². The lowest BCUT2D eigenvalue weighted by Crippen LogP contribution is -2.14. The maximum atomic E-state index is 12.7. The van der Waals surface area contributed by atoms with Gasteiger partial charge in [0.15, 0.2) is 5.13 Å². The number of amides is 1. The third-order valence-electron chi connectivity index (χ3n) is 4.36. The Kier molecular flexibility index (Phi) is 6.04. The molecule has 9 heteroatoms. The van der Waals surface area contributed by atoms with Gasteiger partial charge in [0.05, 0.1) is 19.9 Å². The van der Waals surface area contributed by atoms with E-state index in [-0.39, 0.29) is 11.6 Å². The molecule has 0 radical (unpaired) electrons. The summed E-state index contributed by atoms with van der Waals surface area (Å²) in [6.45, 7) is 0. The molecule has 31 heavy (non-hydrogen) atoms. The molecule has 0 aliphatic carbocycles. The predicted octanol–water partition coefficient (Wildman–Crippen LogP) is 4.61. The van der Waals surface area contributed by atoms with Crippen LogP contribution in [-0.4, -0.2) is 35.1 Å². The monoisotopic (exact) mass is 433 g/mol. The standard InChI is InChI=1S/C22H19N5O3S/c1-29-15-8-9-16(19(10-15)30-2)18-12-31-22(26-18)27-21(28)17-11-20(24-13-23-17)25-14-6-4-3-5-7-14/h3-13H,1-2H3,(H,23,24,25)(H,26,27,28). The number of para-hydroxylation sites is 1. The fourth-order valence-corrected chi connectivity index (χ4v) is 3.55. The van der Waals surface area contributed by atoms with Crippen LogP contribution in [-0.2, 0) is 0 Å². The Morgan fingerprint density at radius 1 is 1.00 bits per heavy atom. The number of nitrogens with one attached hydrogen (secondary N) is 2. The smallest absolute Gasteiger partial charge is 0.276 e. The van der Waals surface area contributed by atoms with Crippen LogP contribution in [0.4, 0.5) is 16.6 Å². The van der Waals surface area contributed by atoms with Gasteiger partial charge in [-0.3, -0.25) is 10.1 Å². The number of methoxy groups -OCH3 is 2. The molecule has 8 nitrogen and oxygen atoms in total. The maximum absolute atomic E-state index is 12.7. The molecule has 0 saturated heterocycles. The van der Waals surface area contributed by atoms with Gasteiger partial charge in [0.25, 0.3) is 5.91 Å². The Morgan fingerprint density at radius 3 is 2.61 bits per heavy atom. The summed E-state index contributed by atoms with van der Waals surface area (Å²) in [5, 5.41) is 8.23. The van der Waals surface area contributed by atoms with Crippen molar-refractivity contribution in [3.05, 3.63) is 72.0 Å². The number of rotatable bonds is 7. The topological polar surface area (TPSA) is 98.3 Å². The summed E-state index contributed by atoms with van der Waals surface area (Å²) < 4.78 is 10.7. The van der Waals surface area contributed by atoms with Crippen molar-refractivity contribution in [2.45, 2.75) is 0 Å². The number of carbonyl (C=O) groups is 1. The number of carbonyl (C=O) groups excluding carboxylic acids is 1. The van der Waals surface area contributed by atoms with E-state index in [2.05, 4.69) is 25.6 Å². The van der Waals surface area contributed by atoms with Crippen molar-refractivity contribution in [3.8, 4) is 22.8 Å². The fraction of sp³-hybridized carbons (Fsp3) is 0.0909. The Bertz CT molecular complexity index is 1200. The van der Waals surface area contributed by atoms with Crippen molar-refractivity contribution >= 4 is 33.9 Å². The van der Waals surface area contributed by atoms with E-state index < -0.39 is 0 Å². The molecule has 0 aliphatic heterocycles. The predicted molar refractivity (Wildman–Crippen MR) is 120 cm³/mol. The highest BCUT2D eigenvalue weighted by atomic mass is 32.1. The molecule has 0 unspecified atom stereocenters. The van der Waals surface area contributed by atoms with Crippen LogP contribution in [0.1, 0.15) is 10.5 Å². The van der Waals surface area contributed by atoms with Crippen LogP contribution >= 0.6 is 11.3 Å². The van der Waals surface area contributed by atoms with E-state index in [0.717, 1.165) is 11.3 Å². The van der Waals surface area contributed by atoms with Crippen molar-refractivity contribution in [1.82, 2.24) is 15.0 Å². The quantitative estimate of drug-likeness (QED) is 0.439. The van der Waals surface area contributed by atoms with Crippen LogP contribution in [0.2, 0.25) is 0 Å². The molecule has 0 spiro atoms. The molecule has 0 bridgehead atoms. The second kappa shape index (κ2) is 9.23. The summed E-state index contributed by atoms with van der Waals surface area (Å²) in [5.74, 6) is 1.47. The minimum Gasteiger partial charge on any atom is -0.497 e. The Morgan fingerprint density at radius 2 is 1.84 bits per heavy atom. The lowest BCUT2D eigenvalue weighted by molar-refractivity contribution is 0.102. The van der Waals surface area contributed by atoms with Crippen molar-refractivity contribution < 1.29 is 14.3 Å². The first-order valence-electron chi connectivity index (χ1n) is 9.29. The van der Waals surface area contributed by atoms with E-state index in [0.29, 0.717) is 28.1 Å². The first-order valence-corrected chi connectivity index (χ1v) is 10.2. The van der Waals surface area contributed by atoms with Gasteiger partial charge < -0.3 is 14.8 Å². The number of anilines is 3. The molecule has 0 atom stereocenters. The summed E-state index contributed by atoms with van der Waals surface area (Å²) in [6, 6.07) is 16.6. The Balaban J connectivity index is 1.49. The normalized spacial score (nSPS) is 10.4. The number of ether oxygens (including phenoxy) is 2. The average Bonchev–Trinajstić information content (AvgIpc) is 3.27. The average molecular weight is 433 g/mol. The summed E-state index contributed by atoms with van der Waals surface area (Å²) in [5.41, 5.74) is 2.59. The third kappa shape index (κ3) is 4.78. The summed E-state index contributed by atoms with van der Waals surface area (Å²) in [7, 11) is 3.18. The van der Waals surface area contributed by atoms with Gasteiger partial charge in [-0.25, -0.2) is 15.0 Å². The number of thiazole rings is 1. The van der Waals surface area contributed by atoms with Crippen LogP contribution in [0.25, 0.3) is 11.3 Å². The molecule has 1 amide bonds. The van der Waals surface area contributed by atoms with Gasteiger partial charge >= 0.3 is 0 Å². The Hall–Kier alpha value is -3.98. The number of hydrogen-bond donors (Lipinski definition) is 2. The van der Waals surface area contributed by atoms with Crippen molar-refractivity contribution in [1.29, 1.82) is 0 Å². The number of aromatic nitrogens is 3. The van der Waals surface area contributed by atoms with Gasteiger partial charge in [0.1, 0.15) is 29.3 Å². The largest absolute Gasteiger partial charge is 0.497 e. The number of nitrogens with zero attached hydrogens (tertiary/aromatic N) is 3. The van der Waals surface area contributed by atoms with Crippen molar-refractivity contribution in [2.24, 2.45) is 0 Å². The first-order chi connectivity index (χ1) is 15.2. The van der Waals surface area contributed by atoms with Crippen LogP contribution in [0.3, 0.4) is 0 Å². The van der Waals surface area contributed by atoms with Crippen LogP contribution in [0.15, 0.2) is 66.3 Å². The molecule has 2 aromatic carbocycles. The van der Waals surface area contributed by atoms with Crippen molar-refractivity contribution in [2.75, 3.05) is 24.9 Å². The molecule has 2 aromatic heterocycles. The first kappa shape index (κ1) is 20.3. The van der Waals surface area contributed by atoms with Crippen LogP contribution in [0.5, 0.6) is 11.5 Å². The summed E-state index contributed by atoms with van der Waals surface area (Å²) >= 11 is 1.31. The zero-order chi connectivity index (χ0) is 21.6. The zero-order valence-electron chi connectivity index (χ0n) is 16.8. The number of hydrogen-bond acceptors (Lipinski definition) is 8. The third-order valence-corrected chi connectivity index (χ3v) is 5.11. The van der Waals surface area contributed by atoms with E-state index in [4.69, 9.17) is 9.47 Å². The van der Waals surface area contributed by atoms with Gasteiger partial charge in [-0.05, 0) is 24.3 Å². The van der Waals surface area contributed by atoms with Gasteiger partial charge in [0.2, 0.25) is 0 Å². The van der Waals surface area contributed by atoms with E-state index in [9.17, 15) is 4.79 Å². The molecule has 2 heterocycles. The molecular weight excluding hydrogens is 414 g/mol. The highest BCUT2D eigenvalue weighted by Crippen LogP contribution is 2.34. The lowest BCUT2D eigenvalue weighted by atomic mass is 10.1.